The number of nitrogens with one attached hydrogen (secondary N) is 1. The quantitative estimate of drug-likeness (QED) is 0.563. The Balaban J connectivity index is 1.60. The van der Waals surface area contributed by atoms with Crippen molar-refractivity contribution in [1.82, 2.24) is 0 Å². The van der Waals surface area contributed by atoms with Crippen LogP contribution in [0.1, 0.15) is 46.6 Å². The molecule has 0 fully saturated rings. The number of amides is 1. The van der Waals surface area contributed by atoms with E-state index in [0.717, 1.165) is 11.3 Å². The van der Waals surface area contributed by atoms with Crippen LogP contribution in [0.25, 0.3) is 0 Å². The van der Waals surface area contributed by atoms with Crippen LogP contribution in [0.2, 0.25) is 5.02 Å². The first-order chi connectivity index (χ1) is 13.6. The Hall–Kier alpha value is -2.58. The summed E-state index contributed by atoms with van der Waals surface area (Å²) in [5.41, 5.74) is 7.06. The molecule has 2 bridgehead atoms. The maximum atomic E-state index is 13.5. The first-order valence-corrected chi connectivity index (χ1v) is 10.2. The molecule has 3 aliphatic carbocycles. The fraction of sp³-hybridized carbons (Fsp3) is 0.240. The van der Waals surface area contributed by atoms with Gasteiger partial charge in [-0.1, -0.05) is 73.1 Å². The van der Waals surface area contributed by atoms with E-state index in [1.165, 1.54) is 22.3 Å². The number of carbonyl (C=O) groups is 1. The zero-order chi connectivity index (χ0) is 19.4. The fourth-order valence-electron chi connectivity index (χ4n) is 5.30. The summed E-state index contributed by atoms with van der Waals surface area (Å²) in [6.07, 6.45) is 0. The molecule has 3 aromatic carbocycles. The average molecular weight is 388 g/mol. The van der Waals surface area contributed by atoms with E-state index in [0.29, 0.717) is 5.02 Å². The van der Waals surface area contributed by atoms with E-state index in [1.807, 2.05) is 25.1 Å². The Labute approximate surface area is 170 Å². The average Bonchev–Trinajstić information content (AvgIpc) is 2.71. The summed E-state index contributed by atoms with van der Waals surface area (Å²) in [6.45, 7) is 4.16. The molecule has 6 rings (SSSR count). The van der Waals surface area contributed by atoms with Crippen LogP contribution in [0.4, 0.5) is 5.69 Å². The lowest BCUT2D eigenvalue weighted by atomic mass is 9.54. The van der Waals surface area contributed by atoms with Gasteiger partial charge in [0.05, 0.1) is 5.92 Å². The molecule has 0 saturated carbocycles. The van der Waals surface area contributed by atoms with E-state index >= 15 is 0 Å². The summed E-state index contributed by atoms with van der Waals surface area (Å²) < 4.78 is 0. The lowest BCUT2D eigenvalue weighted by molar-refractivity contribution is -0.122. The van der Waals surface area contributed by atoms with Gasteiger partial charge >= 0.3 is 0 Å². The molecule has 2 atom stereocenters. The summed E-state index contributed by atoms with van der Waals surface area (Å²) >= 11 is 6.26. The number of hydrogen-bond donors (Lipinski definition) is 1. The molecule has 0 aromatic heterocycles. The lowest BCUT2D eigenvalue weighted by Gasteiger charge is -2.49. The third-order valence-corrected chi connectivity index (χ3v) is 7.02. The van der Waals surface area contributed by atoms with Crippen LogP contribution in [-0.2, 0) is 4.79 Å². The van der Waals surface area contributed by atoms with Gasteiger partial charge in [0.25, 0.3) is 0 Å². The maximum absolute atomic E-state index is 13.5. The highest BCUT2D eigenvalue weighted by atomic mass is 35.5. The molecule has 0 heterocycles. The molecule has 1 amide bonds. The van der Waals surface area contributed by atoms with Gasteiger partial charge in [-0.15, -0.1) is 0 Å². The van der Waals surface area contributed by atoms with E-state index in [9.17, 15) is 4.79 Å². The smallest absolute Gasteiger partial charge is 0.228 e. The number of fused-ring (bicyclic) bond motifs is 1. The zero-order valence-corrected chi connectivity index (χ0v) is 16.7. The third kappa shape index (κ3) is 2.44. The van der Waals surface area contributed by atoms with E-state index < -0.39 is 0 Å². The van der Waals surface area contributed by atoms with Crippen molar-refractivity contribution in [3.8, 4) is 0 Å². The molecule has 3 heteroatoms. The minimum Gasteiger partial charge on any atom is -0.326 e. The van der Waals surface area contributed by atoms with Crippen LogP contribution >= 0.6 is 11.6 Å². The molecule has 3 aliphatic rings. The molecule has 140 valence electrons. The van der Waals surface area contributed by atoms with Crippen molar-refractivity contribution in [3.05, 3.63) is 99.6 Å². The van der Waals surface area contributed by atoms with Crippen LogP contribution < -0.4 is 5.32 Å². The minimum atomic E-state index is -0.104. The largest absolute Gasteiger partial charge is 0.326 e. The summed E-state index contributed by atoms with van der Waals surface area (Å²) in [7, 11) is 0. The van der Waals surface area contributed by atoms with Gasteiger partial charge in [0.1, 0.15) is 0 Å². The van der Waals surface area contributed by atoms with E-state index in [2.05, 4.69) is 60.8 Å². The van der Waals surface area contributed by atoms with Gasteiger partial charge in [-0.25, -0.2) is 0 Å². The predicted molar refractivity (Wildman–Crippen MR) is 114 cm³/mol. The highest BCUT2D eigenvalue weighted by Crippen LogP contribution is 2.58. The van der Waals surface area contributed by atoms with Crippen molar-refractivity contribution >= 4 is 23.2 Å². The molecule has 28 heavy (non-hydrogen) atoms. The Bertz CT molecular complexity index is 1040. The predicted octanol–water partition coefficient (Wildman–Crippen LogP) is 6.13. The highest BCUT2D eigenvalue weighted by molar-refractivity contribution is 6.31. The second-order valence-corrected chi connectivity index (χ2v) is 8.41. The molecule has 2 unspecified atom stereocenters. The molecule has 0 radical (unpaired) electrons. The van der Waals surface area contributed by atoms with Gasteiger partial charge in [0, 0.05) is 22.5 Å². The maximum Gasteiger partial charge on any atom is 0.228 e. The molecular formula is C25H22ClNO. The van der Waals surface area contributed by atoms with E-state index in [1.54, 1.807) is 0 Å². The minimum absolute atomic E-state index is 0.0804. The van der Waals surface area contributed by atoms with Crippen LogP contribution in [0.3, 0.4) is 0 Å². The Kier molecular flexibility index (Phi) is 4.06. The topological polar surface area (TPSA) is 29.1 Å². The van der Waals surface area contributed by atoms with Crippen molar-refractivity contribution < 1.29 is 4.79 Å². The van der Waals surface area contributed by atoms with E-state index in [4.69, 9.17) is 11.6 Å². The Morgan fingerprint density at radius 3 is 1.93 bits per heavy atom. The zero-order valence-electron chi connectivity index (χ0n) is 15.9. The number of carbonyl (C=O) groups excluding carboxylic acids is 1. The Morgan fingerprint density at radius 1 is 0.821 bits per heavy atom. The molecule has 3 aromatic rings. The first kappa shape index (κ1) is 17.5. The molecule has 1 N–H and O–H groups in total. The van der Waals surface area contributed by atoms with Crippen LogP contribution in [0.15, 0.2) is 66.7 Å². The molecule has 2 nitrogen and oxygen atoms in total. The van der Waals surface area contributed by atoms with Gasteiger partial charge in [-0.05, 0) is 52.8 Å². The van der Waals surface area contributed by atoms with Crippen molar-refractivity contribution in [2.24, 2.45) is 11.8 Å². The number of halogens is 1. The second-order valence-electron chi connectivity index (χ2n) is 8.00. The van der Waals surface area contributed by atoms with Crippen molar-refractivity contribution in [2.45, 2.75) is 25.7 Å². The Morgan fingerprint density at radius 2 is 1.36 bits per heavy atom. The highest BCUT2D eigenvalue weighted by Gasteiger charge is 2.50. The number of rotatable bonds is 2. The van der Waals surface area contributed by atoms with Crippen molar-refractivity contribution in [1.29, 1.82) is 0 Å². The standard InChI is InChI=1S/C25H22ClNO/c1-14-20(26)12-7-13-21(14)27-25(28)23-15(2)22-16-8-3-5-10-18(16)24(23)19-11-6-4-9-17(19)22/h3-13,15,22-24H,1-2H3,(H,27,28). The number of hydrogen-bond acceptors (Lipinski definition) is 1. The number of anilines is 1. The monoisotopic (exact) mass is 387 g/mol. The normalized spacial score (nSPS) is 24.4. The summed E-state index contributed by atoms with van der Waals surface area (Å²) in [5.74, 6) is 0.555. The van der Waals surface area contributed by atoms with E-state index in [-0.39, 0.29) is 29.6 Å². The van der Waals surface area contributed by atoms with Crippen LogP contribution in [0.5, 0.6) is 0 Å². The molecule has 0 saturated heterocycles. The lowest BCUT2D eigenvalue weighted by Crippen LogP contribution is -2.44. The van der Waals surface area contributed by atoms with Crippen LogP contribution in [-0.4, -0.2) is 5.91 Å². The van der Waals surface area contributed by atoms with Crippen molar-refractivity contribution in [3.63, 3.8) is 0 Å². The van der Waals surface area contributed by atoms with Gasteiger partial charge in [0.2, 0.25) is 5.91 Å². The van der Waals surface area contributed by atoms with Gasteiger partial charge in [-0.3, -0.25) is 4.79 Å². The SMILES string of the molecule is Cc1c(Cl)cccc1NC(=O)C1C2c3ccccc3C(c3ccccc32)C1C. The van der Waals surface area contributed by atoms with Gasteiger partial charge in [0.15, 0.2) is 0 Å². The third-order valence-electron chi connectivity index (χ3n) is 6.61. The molecule has 0 aliphatic heterocycles. The first-order valence-electron chi connectivity index (χ1n) is 9.81. The molecular weight excluding hydrogens is 366 g/mol. The number of benzene rings is 3. The fourth-order valence-corrected chi connectivity index (χ4v) is 5.48. The van der Waals surface area contributed by atoms with Crippen LogP contribution in [0, 0.1) is 18.8 Å². The van der Waals surface area contributed by atoms with Gasteiger partial charge in [-0.2, -0.15) is 0 Å². The summed E-state index contributed by atoms with van der Waals surface area (Å²) in [4.78, 5) is 13.5. The molecule has 0 spiro atoms. The summed E-state index contributed by atoms with van der Waals surface area (Å²) in [6, 6.07) is 22.9. The van der Waals surface area contributed by atoms with Crippen molar-refractivity contribution in [2.75, 3.05) is 5.32 Å². The van der Waals surface area contributed by atoms with Gasteiger partial charge < -0.3 is 5.32 Å². The second kappa shape index (κ2) is 6.49. The summed E-state index contributed by atoms with van der Waals surface area (Å²) in [5, 5.41) is 3.85.